The number of phosphoric acid groups is 2. The molecule has 1 saturated heterocycles. The Labute approximate surface area is 210 Å². The average Bonchev–Trinajstić information content (AvgIpc) is 3.14. The van der Waals surface area contributed by atoms with Gasteiger partial charge in [0.25, 0.3) is 0 Å². The number of ether oxygens (including phenoxy) is 2. The van der Waals surface area contributed by atoms with Gasteiger partial charge in [-0.3, -0.25) is 22.7 Å². The van der Waals surface area contributed by atoms with Crippen LogP contribution in [0.25, 0.3) is 0 Å². The van der Waals surface area contributed by atoms with Crippen LogP contribution >= 0.6 is 15.6 Å². The summed E-state index contributed by atoms with van der Waals surface area (Å²) in [4.78, 5) is 36.4. The van der Waals surface area contributed by atoms with Crippen LogP contribution in [0.3, 0.4) is 0 Å². The number of aromatic nitrogens is 2. The van der Waals surface area contributed by atoms with Crippen LogP contribution in [0, 0.1) is 0 Å². The summed E-state index contributed by atoms with van der Waals surface area (Å²) in [6.07, 6.45) is 0.971. The highest BCUT2D eigenvalue weighted by Crippen LogP contribution is 2.50. The Hall–Kier alpha value is -1.18. The first-order valence-electron chi connectivity index (χ1n) is 11.8. The van der Waals surface area contributed by atoms with Gasteiger partial charge in [0.15, 0.2) is 6.23 Å². The number of rotatable bonds is 17. The van der Waals surface area contributed by atoms with E-state index in [0.29, 0.717) is 12.8 Å². The first kappa shape index (κ1) is 31.0. The second kappa shape index (κ2) is 14.7. The van der Waals surface area contributed by atoms with Crippen LogP contribution in [-0.4, -0.2) is 64.6 Å². The summed E-state index contributed by atoms with van der Waals surface area (Å²) in [5, 5.41) is 0. The highest BCUT2D eigenvalue weighted by atomic mass is 31.2. The minimum atomic E-state index is -4.60. The third kappa shape index (κ3) is 9.60. The molecule has 4 N–H and O–H groups in total. The van der Waals surface area contributed by atoms with Gasteiger partial charge in [0.1, 0.15) is 24.1 Å². The number of nitrogen functional groups attached to an aromatic ring is 1. The van der Waals surface area contributed by atoms with E-state index in [1.165, 1.54) is 19.4 Å². The van der Waals surface area contributed by atoms with Crippen molar-refractivity contribution in [2.45, 2.75) is 76.9 Å². The third-order valence-corrected chi connectivity index (χ3v) is 7.35. The SMILES string of the molecule is CCCCCOP(=O)(O)OC[C@H]1O[C@@H](n2ccc(N)nc2=O)[C@H](OC)[C@@H]1OP(=O)(O)OCCCCC. The summed E-state index contributed by atoms with van der Waals surface area (Å²) in [6, 6.07) is 1.36. The molecule has 14 nitrogen and oxygen atoms in total. The zero-order valence-corrected chi connectivity index (χ0v) is 22.6. The van der Waals surface area contributed by atoms with E-state index in [2.05, 4.69) is 4.98 Å². The quantitative estimate of drug-likeness (QED) is 0.187. The van der Waals surface area contributed by atoms with Crippen LogP contribution in [0.5, 0.6) is 0 Å². The van der Waals surface area contributed by atoms with Crippen molar-refractivity contribution >= 4 is 21.5 Å². The Morgan fingerprint density at radius 3 is 2.19 bits per heavy atom. The van der Waals surface area contributed by atoms with Gasteiger partial charge < -0.3 is 25.0 Å². The second-order valence-electron chi connectivity index (χ2n) is 8.19. The van der Waals surface area contributed by atoms with Gasteiger partial charge in [0.2, 0.25) is 0 Å². The predicted octanol–water partition coefficient (Wildman–Crippen LogP) is 2.75. The number of nitrogens with zero attached hydrogens (tertiary/aromatic N) is 2. The molecule has 208 valence electrons. The summed E-state index contributed by atoms with van der Waals surface area (Å²) in [5.41, 5.74) is 4.79. The third-order valence-electron chi connectivity index (χ3n) is 5.34. The number of unbranched alkanes of at least 4 members (excludes halogenated alkanes) is 4. The van der Waals surface area contributed by atoms with Gasteiger partial charge in [-0.2, -0.15) is 4.98 Å². The maximum Gasteiger partial charge on any atom is 0.472 e. The van der Waals surface area contributed by atoms with Crippen LogP contribution in [0.1, 0.15) is 58.6 Å². The van der Waals surface area contributed by atoms with Crippen LogP contribution in [0.15, 0.2) is 17.1 Å². The molecule has 1 aromatic rings. The summed E-state index contributed by atoms with van der Waals surface area (Å²) in [6.45, 7) is 3.37. The molecule has 2 heterocycles. The molecule has 0 aliphatic carbocycles. The van der Waals surface area contributed by atoms with E-state index in [-0.39, 0.29) is 19.0 Å². The van der Waals surface area contributed by atoms with E-state index in [1.807, 2.05) is 13.8 Å². The van der Waals surface area contributed by atoms with Gasteiger partial charge in [0.05, 0.1) is 19.8 Å². The lowest BCUT2D eigenvalue weighted by Crippen LogP contribution is -2.39. The fourth-order valence-corrected chi connectivity index (χ4v) is 5.27. The topological polar surface area (TPSA) is 191 Å². The van der Waals surface area contributed by atoms with E-state index < -0.39 is 52.5 Å². The molecule has 6 atom stereocenters. The van der Waals surface area contributed by atoms with Crippen molar-refractivity contribution in [1.82, 2.24) is 9.55 Å². The van der Waals surface area contributed by atoms with Gasteiger partial charge >= 0.3 is 21.3 Å². The van der Waals surface area contributed by atoms with Crippen LogP contribution in [0.2, 0.25) is 0 Å². The molecule has 36 heavy (non-hydrogen) atoms. The van der Waals surface area contributed by atoms with E-state index in [9.17, 15) is 23.7 Å². The molecular weight excluding hydrogens is 520 g/mol. The summed E-state index contributed by atoms with van der Waals surface area (Å²) in [5.74, 6) is -0.0160. The number of methoxy groups -OCH3 is 1. The number of anilines is 1. The Balaban J connectivity index is 2.21. The normalized spacial score (nSPS) is 25.5. The molecule has 0 saturated carbocycles. The molecule has 0 aromatic carbocycles. The molecule has 0 spiro atoms. The van der Waals surface area contributed by atoms with Gasteiger partial charge in [-0.25, -0.2) is 13.9 Å². The monoisotopic (exact) mass is 557 g/mol. The number of hydrogen-bond donors (Lipinski definition) is 3. The summed E-state index contributed by atoms with van der Waals surface area (Å²) >= 11 is 0. The van der Waals surface area contributed by atoms with E-state index in [0.717, 1.165) is 30.3 Å². The van der Waals surface area contributed by atoms with Gasteiger partial charge in [-0.1, -0.05) is 39.5 Å². The highest BCUT2D eigenvalue weighted by molar-refractivity contribution is 7.47. The zero-order chi connectivity index (χ0) is 26.8. The number of nitrogens with two attached hydrogens (primary N) is 1. The zero-order valence-electron chi connectivity index (χ0n) is 20.8. The van der Waals surface area contributed by atoms with Crippen molar-refractivity contribution in [2.75, 3.05) is 32.7 Å². The second-order valence-corrected chi connectivity index (χ2v) is 11.1. The lowest BCUT2D eigenvalue weighted by Gasteiger charge is -2.25. The van der Waals surface area contributed by atoms with Crippen molar-refractivity contribution in [3.63, 3.8) is 0 Å². The van der Waals surface area contributed by atoms with Crippen molar-refractivity contribution in [3.05, 3.63) is 22.7 Å². The first-order valence-corrected chi connectivity index (χ1v) is 14.8. The van der Waals surface area contributed by atoms with Crippen LogP contribution in [0.4, 0.5) is 5.82 Å². The first-order chi connectivity index (χ1) is 17.0. The van der Waals surface area contributed by atoms with E-state index >= 15 is 0 Å². The summed E-state index contributed by atoms with van der Waals surface area (Å²) < 4.78 is 57.7. The van der Waals surface area contributed by atoms with Crippen molar-refractivity contribution in [2.24, 2.45) is 0 Å². The van der Waals surface area contributed by atoms with E-state index in [1.54, 1.807) is 0 Å². The van der Waals surface area contributed by atoms with E-state index in [4.69, 9.17) is 33.3 Å². The largest absolute Gasteiger partial charge is 0.472 e. The molecule has 2 unspecified atom stereocenters. The highest BCUT2D eigenvalue weighted by Gasteiger charge is 2.51. The van der Waals surface area contributed by atoms with Crippen molar-refractivity contribution in [1.29, 1.82) is 0 Å². The minimum Gasteiger partial charge on any atom is -0.383 e. The molecule has 1 aromatic heterocycles. The Bertz CT molecular complexity index is 963. The molecule has 1 aliphatic heterocycles. The van der Waals surface area contributed by atoms with Crippen LogP contribution in [-0.2, 0) is 36.7 Å². The van der Waals surface area contributed by atoms with Crippen molar-refractivity contribution in [3.8, 4) is 0 Å². The predicted molar refractivity (Wildman–Crippen MR) is 129 cm³/mol. The molecular formula is C20H37N3O11P2. The standard InChI is InChI=1S/C20H37N3O11P2/c1-4-6-8-12-30-35(25,26)32-14-15-17(34-36(27,28)31-13-9-7-5-2)18(29-3)19(33-15)23-11-10-16(21)22-20(23)24/h10-11,15,17-19H,4-9,12-14H2,1-3H3,(H,25,26)(H,27,28)(H2,21,22,24)/t15-,17-,18-,19-/m1/s1. The average molecular weight is 557 g/mol. The Morgan fingerprint density at radius 1 is 1.03 bits per heavy atom. The molecule has 2 rings (SSSR count). The number of phosphoric ester groups is 2. The van der Waals surface area contributed by atoms with Gasteiger partial charge in [-0.05, 0) is 18.9 Å². The maximum atomic E-state index is 12.6. The minimum absolute atomic E-state index is 0.0142. The number of hydrogen-bond acceptors (Lipinski definition) is 11. The molecule has 1 aliphatic rings. The van der Waals surface area contributed by atoms with Gasteiger partial charge in [0, 0.05) is 13.3 Å². The fraction of sp³-hybridized carbons (Fsp3) is 0.800. The lowest BCUT2D eigenvalue weighted by atomic mass is 10.1. The summed E-state index contributed by atoms with van der Waals surface area (Å²) in [7, 11) is -7.77. The Morgan fingerprint density at radius 2 is 1.64 bits per heavy atom. The fourth-order valence-electron chi connectivity index (χ4n) is 3.52. The maximum absolute atomic E-state index is 12.6. The molecule has 1 fully saturated rings. The van der Waals surface area contributed by atoms with Gasteiger partial charge in [-0.15, -0.1) is 0 Å². The lowest BCUT2D eigenvalue weighted by molar-refractivity contribution is -0.0625. The van der Waals surface area contributed by atoms with Crippen molar-refractivity contribution < 1.29 is 46.5 Å². The molecule has 0 amide bonds. The molecule has 16 heteroatoms. The molecule has 0 radical (unpaired) electrons. The smallest absolute Gasteiger partial charge is 0.383 e. The Kier molecular flexibility index (Phi) is 12.7. The molecule has 0 bridgehead atoms. The van der Waals surface area contributed by atoms with Crippen LogP contribution < -0.4 is 11.4 Å².